The van der Waals surface area contributed by atoms with Crippen LogP contribution in [-0.4, -0.2) is 4.93 Å². The van der Waals surface area contributed by atoms with E-state index in [2.05, 4.69) is 26.0 Å². The summed E-state index contributed by atoms with van der Waals surface area (Å²) in [6, 6.07) is 10.2. The first-order valence-corrected chi connectivity index (χ1v) is 7.56. The van der Waals surface area contributed by atoms with Crippen LogP contribution in [0.5, 0.6) is 0 Å². The van der Waals surface area contributed by atoms with Gasteiger partial charge in [-0.15, -0.1) is 0 Å². The topological polar surface area (TPSA) is 26.3 Å². The third-order valence-electron chi connectivity index (χ3n) is 2.51. The molecule has 0 saturated heterocycles. The predicted octanol–water partition coefficient (Wildman–Crippen LogP) is 5.30. The summed E-state index contributed by atoms with van der Waals surface area (Å²) in [6.45, 7) is 4.25. The van der Waals surface area contributed by atoms with Crippen molar-refractivity contribution in [1.82, 2.24) is 0 Å². The van der Waals surface area contributed by atoms with Gasteiger partial charge in [-0.3, -0.25) is 4.52 Å². The Kier molecular flexibility index (Phi) is 6.79. The SMILES string of the molecule is CCCC(CCC)(OP=O)Sc1ccccc1. The Morgan fingerprint density at radius 3 is 2.24 bits per heavy atom. The zero-order valence-corrected chi connectivity index (χ0v) is 12.1. The summed E-state index contributed by atoms with van der Waals surface area (Å²) in [5.74, 6) is 0. The molecule has 0 heterocycles. The number of benzene rings is 1. The van der Waals surface area contributed by atoms with E-state index in [4.69, 9.17) is 4.52 Å². The second-order valence-corrected chi connectivity index (χ2v) is 5.74. The van der Waals surface area contributed by atoms with Crippen LogP contribution in [0.1, 0.15) is 39.5 Å². The molecule has 4 heteroatoms. The maximum absolute atomic E-state index is 10.8. The molecule has 0 amide bonds. The van der Waals surface area contributed by atoms with Gasteiger partial charge in [0.15, 0.2) is 0 Å². The molecule has 94 valence electrons. The second kappa shape index (κ2) is 7.86. The van der Waals surface area contributed by atoms with E-state index < -0.39 is 0 Å². The zero-order valence-electron chi connectivity index (χ0n) is 10.4. The second-order valence-electron chi connectivity index (χ2n) is 3.99. The van der Waals surface area contributed by atoms with Gasteiger partial charge in [0.05, 0.1) is 0 Å². The monoisotopic (exact) mass is 270 g/mol. The number of hydrogen-bond donors (Lipinski definition) is 0. The first-order valence-electron chi connectivity index (χ1n) is 6.01. The summed E-state index contributed by atoms with van der Waals surface area (Å²) in [5.41, 5.74) is 0. The van der Waals surface area contributed by atoms with Crippen LogP contribution in [0.15, 0.2) is 35.2 Å². The first-order chi connectivity index (χ1) is 8.26. The molecule has 17 heavy (non-hydrogen) atoms. The van der Waals surface area contributed by atoms with Crippen LogP contribution in [0.4, 0.5) is 0 Å². The third kappa shape index (κ3) is 4.79. The Hall–Kier alpha value is -0.370. The number of thioether (sulfide) groups is 1. The van der Waals surface area contributed by atoms with Gasteiger partial charge in [-0.05, 0) is 25.0 Å². The molecule has 2 nitrogen and oxygen atoms in total. The van der Waals surface area contributed by atoms with Gasteiger partial charge in [0.1, 0.15) is 4.93 Å². The van der Waals surface area contributed by atoms with Gasteiger partial charge in [0, 0.05) is 4.90 Å². The Balaban J connectivity index is 2.83. The normalized spacial score (nSPS) is 11.9. The van der Waals surface area contributed by atoms with Crippen molar-refractivity contribution in [2.24, 2.45) is 0 Å². The van der Waals surface area contributed by atoms with Crippen molar-refractivity contribution >= 4 is 20.4 Å². The van der Waals surface area contributed by atoms with E-state index in [1.54, 1.807) is 11.8 Å². The molecule has 0 aliphatic carbocycles. The van der Waals surface area contributed by atoms with Crippen LogP contribution >= 0.6 is 20.4 Å². The summed E-state index contributed by atoms with van der Waals surface area (Å²) >= 11 is 1.68. The van der Waals surface area contributed by atoms with Gasteiger partial charge in [0.25, 0.3) is 0 Å². The maximum atomic E-state index is 10.8. The zero-order chi connectivity index (χ0) is 12.6. The minimum Gasteiger partial charge on any atom is -0.276 e. The van der Waals surface area contributed by atoms with Crippen molar-refractivity contribution in [3.8, 4) is 0 Å². The number of rotatable bonds is 8. The minimum atomic E-state index is -0.353. The molecule has 1 aromatic carbocycles. The largest absolute Gasteiger partial charge is 0.328 e. The third-order valence-corrected chi connectivity index (χ3v) is 4.43. The maximum Gasteiger partial charge on any atom is 0.328 e. The number of hydrogen-bond acceptors (Lipinski definition) is 3. The molecule has 0 N–H and O–H groups in total. The highest BCUT2D eigenvalue weighted by atomic mass is 32.2. The van der Waals surface area contributed by atoms with E-state index in [0.29, 0.717) is 0 Å². The highest BCUT2D eigenvalue weighted by Crippen LogP contribution is 2.43. The molecule has 0 aliphatic rings. The molecule has 0 fully saturated rings. The van der Waals surface area contributed by atoms with E-state index in [9.17, 15) is 4.57 Å². The molecule has 1 aromatic rings. The van der Waals surface area contributed by atoms with Crippen LogP contribution in [0.3, 0.4) is 0 Å². The van der Waals surface area contributed by atoms with E-state index in [1.165, 1.54) is 0 Å². The van der Waals surface area contributed by atoms with Gasteiger partial charge in [0.2, 0.25) is 0 Å². The van der Waals surface area contributed by atoms with Gasteiger partial charge < -0.3 is 0 Å². The summed E-state index contributed by atoms with van der Waals surface area (Å²) in [7, 11) is -0.227. The fourth-order valence-corrected chi connectivity index (χ4v) is 3.76. The molecule has 0 atom stereocenters. The molecule has 0 aliphatic heterocycles. The Labute approximate surface area is 109 Å². The van der Waals surface area contributed by atoms with E-state index in [1.807, 2.05) is 18.2 Å². The standard InChI is InChI=1S/C13H19O2PS/c1-3-10-13(11-4-2,15-16-14)17-12-8-6-5-7-9-12/h5-9H,3-4,10-11H2,1-2H3. The molecular formula is C13H19O2PS. The first kappa shape index (κ1) is 14.7. The molecule has 0 aromatic heterocycles. The lowest BCUT2D eigenvalue weighted by molar-refractivity contribution is 0.161. The Morgan fingerprint density at radius 1 is 1.18 bits per heavy atom. The van der Waals surface area contributed by atoms with Gasteiger partial charge in [-0.2, -0.15) is 0 Å². The fraction of sp³-hybridized carbons (Fsp3) is 0.538. The highest BCUT2D eigenvalue weighted by molar-refractivity contribution is 8.00. The van der Waals surface area contributed by atoms with Crippen molar-refractivity contribution in [2.45, 2.75) is 49.4 Å². The Bertz CT molecular complexity index is 323. The van der Waals surface area contributed by atoms with Crippen molar-refractivity contribution in [3.05, 3.63) is 30.3 Å². The fourth-order valence-electron chi connectivity index (χ4n) is 1.87. The summed E-state index contributed by atoms with van der Waals surface area (Å²) in [5, 5.41) is 0. The van der Waals surface area contributed by atoms with Gasteiger partial charge in [-0.1, -0.05) is 56.7 Å². The average Bonchev–Trinajstić information content (AvgIpc) is 2.31. The van der Waals surface area contributed by atoms with Crippen LogP contribution < -0.4 is 0 Å². The van der Waals surface area contributed by atoms with E-state index >= 15 is 0 Å². The average molecular weight is 270 g/mol. The molecule has 0 unspecified atom stereocenters. The van der Waals surface area contributed by atoms with Gasteiger partial charge in [-0.25, -0.2) is 4.57 Å². The van der Waals surface area contributed by atoms with Crippen molar-refractivity contribution in [3.63, 3.8) is 0 Å². The predicted molar refractivity (Wildman–Crippen MR) is 73.5 cm³/mol. The highest BCUT2D eigenvalue weighted by Gasteiger charge is 2.31. The van der Waals surface area contributed by atoms with Gasteiger partial charge >= 0.3 is 8.69 Å². The lowest BCUT2D eigenvalue weighted by Crippen LogP contribution is -2.24. The van der Waals surface area contributed by atoms with E-state index in [-0.39, 0.29) is 13.6 Å². The summed E-state index contributed by atoms with van der Waals surface area (Å²) in [4.78, 5) is 0.812. The van der Waals surface area contributed by atoms with Crippen molar-refractivity contribution in [2.75, 3.05) is 0 Å². The lowest BCUT2D eigenvalue weighted by atomic mass is 10.1. The molecule has 1 rings (SSSR count). The minimum absolute atomic E-state index is 0.227. The molecule has 0 spiro atoms. The van der Waals surface area contributed by atoms with Crippen LogP contribution in [0.25, 0.3) is 0 Å². The van der Waals surface area contributed by atoms with Crippen molar-refractivity contribution in [1.29, 1.82) is 0 Å². The molecule has 0 radical (unpaired) electrons. The summed E-state index contributed by atoms with van der Waals surface area (Å²) in [6.07, 6.45) is 3.87. The van der Waals surface area contributed by atoms with Crippen molar-refractivity contribution < 1.29 is 9.09 Å². The smallest absolute Gasteiger partial charge is 0.276 e. The Morgan fingerprint density at radius 2 is 1.76 bits per heavy atom. The van der Waals surface area contributed by atoms with Crippen LogP contribution in [-0.2, 0) is 9.09 Å². The lowest BCUT2D eigenvalue weighted by Gasteiger charge is -2.29. The molecular weight excluding hydrogens is 251 g/mol. The summed E-state index contributed by atoms with van der Waals surface area (Å²) < 4.78 is 16.3. The van der Waals surface area contributed by atoms with E-state index in [0.717, 1.165) is 30.6 Å². The molecule has 0 saturated carbocycles. The van der Waals surface area contributed by atoms with Crippen LogP contribution in [0.2, 0.25) is 0 Å². The van der Waals surface area contributed by atoms with Crippen LogP contribution in [0, 0.1) is 0 Å². The molecule has 0 bridgehead atoms. The quantitative estimate of drug-likeness (QED) is 0.364.